The van der Waals surface area contributed by atoms with Crippen LogP contribution in [-0.2, 0) is 19.2 Å². The number of aliphatic carboxylic acids is 1. The molecule has 4 unspecified atom stereocenters. The molecule has 0 aliphatic rings. The van der Waals surface area contributed by atoms with Gasteiger partial charge in [-0.05, 0) is 44.6 Å². The van der Waals surface area contributed by atoms with Gasteiger partial charge in [-0.2, -0.15) is 0 Å². The molecule has 12 N–H and O–H groups in total. The third-order valence-electron chi connectivity index (χ3n) is 5.13. The van der Waals surface area contributed by atoms with Crippen LogP contribution in [0.4, 0.5) is 0 Å². The molecule has 3 amide bonds. The highest BCUT2D eigenvalue weighted by molar-refractivity contribution is 5.93. The average Bonchev–Trinajstić information content (AvgIpc) is 2.77. The Balaban J connectivity index is 5.39. The molecule has 0 heterocycles. The van der Waals surface area contributed by atoms with Crippen LogP contribution < -0.4 is 38.9 Å². The van der Waals surface area contributed by atoms with Crippen LogP contribution in [0.3, 0.4) is 0 Å². The maximum atomic E-state index is 13.0. The van der Waals surface area contributed by atoms with E-state index in [9.17, 15) is 19.2 Å². The summed E-state index contributed by atoms with van der Waals surface area (Å²) < 4.78 is 0. The molecule has 0 radical (unpaired) electrons. The number of carbonyl (C=O) groups is 4. The Morgan fingerprint density at radius 1 is 0.939 bits per heavy atom. The van der Waals surface area contributed by atoms with Crippen molar-refractivity contribution in [1.29, 1.82) is 0 Å². The van der Waals surface area contributed by atoms with Crippen molar-refractivity contribution >= 4 is 29.7 Å². The van der Waals surface area contributed by atoms with Gasteiger partial charge in [0.25, 0.3) is 0 Å². The molecule has 4 atom stereocenters. The Bertz CT molecular complexity index is 669. The van der Waals surface area contributed by atoms with E-state index in [2.05, 4.69) is 20.9 Å². The zero-order valence-corrected chi connectivity index (χ0v) is 19.5. The van der Waals surface area contributed by atoms with E-state index in [0.29, 0.717) is 32.2 Å². The molecule has 0 fully saturated rings. The Kier molecular flexibility index (Phi) is 15.2. The van der Waals surface area contributed by atoms with Gasteiger partial charge in [0, 0.05) is 6.54 Å². The van der Waals surface area contributed by atoms with E-state index in [0.717, 1.165) is 0 Å². The van der Waals surface area contributed by atoms with E-state index in [1.165, 1.54) is 0 Å². The smallest absolute Gasteiger partial charge is 0.322 e. The number of aliphatic imine (C=N–C) groups is 1. The zero-order chi connectivity index (χ0) is 25.4. The molecule has 33 heavy (non-hydrogen) atoms. The van der Waals surface area contributed by atoms with Gasteiger partial charge < -0.3 is 44.0 Å². The highest BCUT2D eigenvalue weighted by Crippen LogP contribution is 2.08. The normalized spacial score (nSPS) is 14.3. The van der Waals surface area contributed by atoms with Gasteiger partial charge in [-0.25, -0.2) is 0 Å². The molecule has 13 nitrogen and oxygen atoms in total. The molecule has 0 aromatic heterocycles. The fraction of sp³-hybridized carbons (Fsp3) is 0.750. The summed E-state index contributed by atoms with van der Waals surface area (Å²) in [5.74, 6) is -3.10. The molecule has 0 aromatic carbocycles. The van der Waals surface area contributed by atoms with Crippen LogP contribution in [0.2, 0.25) is 0 Å². The monoisotopic (exact) mass is 472 g/mol. The van der Waals surface area contributed by atoms with Gasteiger partial charge in [-0.15, -0.1) is 0 Å². The summed E-state index contributed by atoms with van der Waals surface area (Å²) in [5.41, 5.74) is 22.1. The molecular formula is C20H40N8O5. The van der Waals surface area contributed by atoms with E-state index in [1.54, 1.807) is 0 Å². The lowest BCUT2D eigenvalue weighted by atomic mass is 9.98. The zero-order valence-electron chi connectivity index (χ0n) is 19.5. The van der Waals surface area contributed by atoms with Gasteiger partial charge in [-0.3, -0.25) is 24.2 Å². The molecule has 0 spiro atoms. The number of hydrogen-bond acceptors (Lipinski definition) is 7. The average molecular weight is 473 g/mol. The fourth-order valence-corrected chi connectivity index (χ4v) is 2.87. The first kappa shape index (κ1) is 30.1. The van der Waals surface area contributed by atoms with E-state index >= 15 is 0 Å². The number of nitrogens with zero attached hydrogens (tertiary/aromatic N) is 1. The molecule has 0 rings (SSSR count). The molecular weight excluding hydrogens is 432 g/mol. The van der Waals surface area contributed by atoms with Crippen LogP contribution in [0.25, 0.3) is 0 Å². The minimum absolute atomic E-state index is 0.0890. The lowest BCUT2D eigenvalue weighted by Gasteiger charge is -2.25. The summed E-state index contributed by atoms with van der Waals surface area (Å²) in [5, 5.41) is 16.3. The fourth-order valence-electron chi connectivity index (χ4n) is 2.87. The van der Waals surface area contributed by atoms with Gasteiger partial charge in [0.05, 0.1) is 6.04 Å². The van der Waals surface area contributed by atoms with Crippen LogP contribution in [0.1, 0.15) is 52.4 Å². The molecule has 13 heteroatoms. The first-order valence-corrected chi connectivity index (χ1v) is 11.1. The molecule has 190 valence electrons. The summed E-state index contributed by atoms with van der Waals surface area (Å²) in [7, 11) is 0. The van der Waals surface area contributed by atoms with Crippen molar-refractivity contribution in [2.45, 2.75) is 70.5 Å². The Labute approximate surface area is 194 Å². The first-order chi connectivity index (χ1) is 15.5. The van der Waals surface area contributed by atoms with Crippen molar-refractivity contribution in [3.8, 4) is 0 Å². The highest BCUT2D eigenvalue weighted by Gasteiger charge is 2.29. The molecule has 0 saturated carbocycles. The standard InChI is InChI=1S/C20H40N8O5/c1-3-12(2)16(22)19(33)28-14(8-6-10-25-20(23)24)18(32)27-13(7-4-5-9-21)17(31)26-11-15(29)30/h12-14,16H,3-11,21-22H2,1-2H3,(H,26,31)(H,27,32)(H,28,33)(H,29,30)(H4,23,24,25). The van der Waals surface area contributed by atoms with Gasteiger partial charge in [0.2, 0.25) is 17.7 Å². The quantitative estimate of drug-likeness (QED) is 0.0644. The topological polar surface area (TPSA) is 241 Å². The maximum Gasteiger partial charge on any atom is 0.322 e. The molecule has 0 aromatic rings. The molecule has 0 saturated heterocycles. The summed E-state index contributed by atoms with van der Waals surface area (Å²) in [6.45, 7) is 3.81. The number of carbonyl (C=O) groups excluding carboxylic acids is 3. The number of rotatable bonds is 17. The second kappa shape index (κ2) is 16.7. The van der Waals surface area contributed by atoms with E-state index in [-0.39, 0.29) is 31.3 Å². The van der Waals surface area contributed by atoms with Crippen molar-refractivity contribution in [2.24, 2.45) is 33.8 Å². The number of carboxylic acid groups (broad SMARTS) is 1. The van der Waals surface area contributed by atoms with Crippen LogP contribution >= 0.6 is 0 Å². The van der Waals surface area contributed by atoms with Crippen LogP contribution in [0, 0.1) is 5.92 Å². The number of nitrogens with two attached hydrogens (primary N) is 4. The van der Waals surface area contributed by atoms with E-state index in [1.807, 2.05) is 13.8 Å². The number of amides is 3. The number of guanidine groups is 1. The van der Waals surface area contributed by atoms with Gasteiger partial charge >= 0.3 is 5.97 Å². The number of nitrogens with one attached hydrogen (secondary N) is 3. The predicted octanol–water partition coefficient (Wildman–Crippen LogP) is -2.29. The van der Waals surface area contributed by atoms with Gasteiger partial charge in [0.1, 0.15) is 18.6 Å². The second-order valence-corrected chi connectivity index (χ2v) is 7.88. The highest BCUT2D eigenvalue weighted by atomic mass is 16.4. The lowest BCUT2D eigenvalue weighted by molar-refractivity contribution is -0.138. The maximum absolute atomic E-state index is 13.0. The predicted molar refractivity (Wildman–Crippen MR) is 125 cm³/mol. The van der Waals surface area contributed by atoms with Crippen LogP contribution in [-0.4, -0.2) is 72.5 Å². The van der Waals surface area contributed by atoms with Crippen molar-refractivity contribution < 1.29 is 24.3 Å². The summed E-state index contributed by atoms with van der Waals surface area (Å²) in [4.78, 5) is 52.6. The molecule has 0 aliphatic carbocycles. The van der Waals surface area contributed by atoms with Crippen molar-refractivity contribution in [3.05, 3.63) is 0 Å². The summed E-state index contributed by atoms with van der Waals surface area (Å²) >= 11 is 0. The van der Waals surface area contributed by atoms with Gasteiger partial charge in [0.15, 0.2) is 5.96 Å². The summed E-state index contributed by atoms with van der Waals surface area (Å²) in [6.07, 6.45) is 2.70. The third kappa shape index (κ3) is 13.3. The van der Waals surface area contributed by atoms with E-state index < -0.39 is 48.4 Å². The summed E-state index contributed by atoms with van der Waals surface area (Å²) in [6, 6.07) is -2.77. The van der Waals surface area contributed by atoms with Crippen molar-refractivity contribution in [1.82, 2.24) is 16.0 Å². The van der Waals surface area contributed by atoms with Crippen LogP contribution in [0.15, 0.2) is 4.99 Å². The van der Waals surface area contributed by atoms with Crippen molar-refractivity contribution in [3.63, 3.8) is 0 Å². The minimum Gasteiger partial charge on any atom is -0.480 e. The Morgan fingerprint density at radius 3 is 2.06 bits per heavy atom. The SMILES string of the molecule is CCC(C)C(N)C(=O)NC(CCCN=C(N)N)C(=O)NC(CCCCN)C(=O)NCC(=O)O. The first-order valence-electron chi connectivity index (χ1n) is 11.1. The largest absolute Gasteiger partial charge is 0.480 e. The minimum atomic E-state index is -1.21. The lowest BCUT2D eigenvalue weighted by Crippen LogP contribution is -2.56. The van der Waals surface area contributed by atoms with Gasteiger partial charge in [-0.1, -0.05) is 20.3 Å². The van der Waals surface area contributed by atoms with E-state index in [4.69, 9.17) is 28.0 Å². The Hall–Kier alpha value is -2.93. The third-order valence-corrected chi connectivity index (χ3v) is 5.13. The van der Waals surface area contributed by atoms with Crippen LogP contribution in [0.5, 0.6) is 0 Å². The van der Waals surface area contributed by atoms with Crippen molar-refractivity contribution in [2.75, 3.05) is 19.6 Å². The number of hydrogen-bond donors (Lipinski definition) is 8. The number of carboxylic acids is 1. The Morgan fingerprint density at radius 2 is 1.52 bits per heavy atom. The molecule has 0 aliphatic heterocycles. The number of unbranched alkanes of at least 4 members (excludes halogenated alkanes) is 1. The molecule has 0 bridgehead atoms. The second-order valence-electron chi connectivity index (χ2n) is 7.88.